The molecule has 3 rings (SSSR count). The Morgan fingerprint density at radius 1 is 0.800 bits per heavy atom. The lowest BCUT2D eigenvalue weighted by molar-refractivity contribution is 0.482. The molecule has 3 aromatic carbocycles. The van der Waals surface area contributed by atoms with Crippen LogP contribution in [0.4, 0.5) is 5.69 Å². The second-order valence-corrected chi connectivity index (χ2v) is 6.43. The average molecular weight is 331 g/mol. The summed E-state index contributed by atoms with van der Waals surface area (Å²) in [5.41, 5.74) is 3.78. The van der Waals surface area contributed by atoms with E-state index in [0.717, 1.165) is 30.9 Å². The Labute approximate surface area is 150 Å². The van der Waals surface area contributed by atoms with Gasteiger partial charge in [-0.05, 0) is 55.2 Å². The van der Waals surface area contributed by atoms with Crippen molar-refractivity contribution in [1.29, 1.82) is 0 Å². The Bertz CT molecular complexity index is 798. The van der Waals surface area contributed by atoms with Crippen LogP contribution < -0.4 is 9.64 Å². The van der Waals surface area contributed by atoms with Crippen LogP contribution >= 0.6 is 0 Å². The van der Waals surface area contributed by atoms with Crippen LogP contribution in [0.1, 0.15) is 17.5 Å². The molecule has 0 radical (unpaired) electrons. The monoisotopic (exact) mass is 331 g/mol. The third kappa shape index (κ3) is 5.12. The Hall–Kier alpha value is -2.74. The minimum atomic E-state index is 0.873. The van der Waals surface area contributed by atoms with Crippen molar-refractivity contribution >= 4 is 5.69 Å². The number of nitrogens with zero attached hydrogens (tertiary/aromatic N) is 1. The van der Waals surface area contributed by atoms with Crippen LogP contribution in [-0.2, 0) is 6.42 Å². The summed E-state index contributed by atoms with van der Waals surface area (Å²) in [6.07, 6.45) is 2.23. The van der Waals surface area contributed by atoms with E-state index in [1.54, 1.807) is 0 Å². The molecule has 0 bridgehead atoms. The van der Waals surface area contributed by atoms with Gasteiger partial charge in [0.1, 0.15) is 11.5 Å². The normalized spacial score (nSPS) is 10.5. The van der Waals surface area contributed by atoms with Crippen molar-refractivity contribution in [2.24, 2.45) is 0 Å². The minimum Gasteiger partial charge on any atom is -0.457 e. The van der Waals surface area contributed by atoms with Crippen molar-refractivity contribution in [2.75, 3.05) is 18.5 Å². The molecule has 0 aromatic heterocycles. The largest absolute Gasteiger partial charge is 0.457 e. The highest BCUT2D eigenvalue weighted by Gasteiger charge is 2.04. The van der Waals surface area contributed by atoms with Crippen molar-refractivity contribution in [3.63, 3.8) is 0 Å². The number of ether oxygens (including phenoxy) is 1. The topological polar surface area (TPSA) is 12.5 Å². The summed E-state index contributed by atoms with van der Waals surface area (Å²) in [5, 5.41) is 0. The lowest BCUT2D eigenvalue weighted by Gasteiger charge is -2.20. The van der Waals surface area contributed by atoms with Gasteiger partial charge in [-0.3, -0.25) is 0 Å². The Balaban J connectivity index is 1.58. The molecule has 3 aromatic rings. The van der Waals surface area contributed by atoms with Crippen molar-refractivity contribution < 1.29 is 4.74 Å². The first-order valence-electron chi connectivity index (χ1n) is 8.80. The van der Waals surface area contributed by atoms with E-state index >= 15 is 0 Å². The van der Waals surface area contributed by atoms with Gasteiger partial charge in [0.25, 0.3) is 0 Å². The molecule has 0 saturated carbocycles. The van der Waals surface area contributed by atoms with Crippen LogP contribution in [0.5, 0.6) is 11.5 Å². The number of hydrogen-bond acceptors (Lipinski definition) is 2. The van der Waals surface area contributed by atoms with Gasteiger partial charge in [0.15, 0.2) is 0 Å². The van der Waals surface area contributed by atoms with Crippen LogP contribution in [-0.4, -0.2) is 13.6 Å². The molecule has 0 aliphatic rings. The van der Waals surface area contributed by atoms with Gasteiger partial charge in [-0.15, -0.1) is 0 Å². The van der Waals surface area contributed by atoms with Gasteiger partial charge in [0.2, 0.25) is 0 Å². The average Bonchev–Trinajstić information content (AvgIpc) is 2.63. The quantitative estimate of drug-likeness (QED) is 0.538. The summed E-state index contributed by atoms with van der Waals surface area (Å²) < 4.78 is 6.00. The van der Waals surface area contributed by atoms with Crippen LogP contribution in [0, 0.1) is 6.92 Å². The van der Waals surface area contributed by atoms with Gasteiger partial charge in [-0.2, -0.15) is 0 Å². The zero-order valence-corrected chi connectivity index (χ0v) is 15.0. The molecule has 2 heteroatoms. The van der Waals surface area contributed by atoms with E-state index in [9.17, 15) is 0 Å². The summed E-state index contributed by atoms with van der Waals surface area (Å²) in [7, 11) is 2.14. The molecule has 0 atom stereocenters. The number of anilines is 1. The molecular formula is C23H25NO. The predicted molar refractivity (Wildman–Crippen MR) is 106 cm³/mol. The van der Waals surface area contributed by atoms with E-state index in [-0.39, 0.29) is 0 Å². The first kappa shape index (κ1) is 17.1. The smallest absolute Gasteiger partial charge is 0.129 e. The fraction of sp³-hybridized carbons (Fsp3) is 0.217. The molecule has 0 aliphatic carbocycles. The highest BCUT2D eigenvalue weighted by molar-refractivity contribution is 5.51. The molecule has 0 fully saturated rings. The van der Waals surface area contributed by atoms with Gasteiger partial charge in [-0.1, -0.05) is 48.5 Å². The molecule has 0 spiro atoms. The maximum absolute atomic E-state index is 6.00. The first-order chi connectivity index (χ1) is 12.2. The van der Waals surface area contributed by atoms with Crippen molar-refractivity contribution in [3.05, 3.63) is 90.0 Å². The number of benzene rings is 3. The number of hydrogen-bond donors (Lipinski definition) is 0. The van der Waals surface area contributed by atoms with Gasteiger partial charge >= 0.3 is 0 Å². The van der Waals surface area contributed by atoms with E-state index in [4.69, 9.17) is 4.74 Å². The van der Waals surface area contributed by atoms with Crippen molar-refractivity contribution in [3.8, 4) is 11.5 Å². The standard InChI is InChI=1S/C23H25NO/c1-19-9-6-14-22(17-19)25-23-15-7-13-21(18-23)24(2)16-8-12-20-10-4-3-5-11-20/h3-7,9-11,13-15,17-18H,8,12,16H2,1-2H3. The fourth-order valence-electron chi connectivity index (χ4n) is 2.89. The molecule has 2 nitrogen and oxygen atoms in total. The van der Waals surface area contributed by atoms with Gasteiger partial charge < -0.3 is 9.64 Å². The summed E-state index contributed by atoms with van der Waals surface area (Å²) in [6, 6.07) is 27.1. The molecule has 0 N–H and O–H groups in total. The van der Waals surface area contributed by atoms with Crippen LogP contribution in [0.15, 0.2) is 78.9 Å². The molecule has 0 amide bonds. The molecule has 25 heavy (non-hydrogen) atoms. The van der Waals surface area contributed by atoms with Crippen LogP contribution in [0.25, 0.3) is 0 Å². The second kappa shape index (κ2) is 8.39. The molecule has 0 heterocycles. The van der Waals surface area contributed by atoms with E-state index in [1.807, 2.05) is 24.3 Å². The minimum absolute atomic E-state index is 0.873. The zero-order valence-electron chi connectivity index (χ0n) is 15.0. The molecule has 0 saturated heterocycles. The highest BCUT2D eigenvalue weighted by atomic mass is 16.5. The summed E-state index contributed by atoms with van der Waals surface area (Å²) in [4.78, 5) is 2.28. The molecule has 128 valence electrons. The molecule has 0 aliphatic heterocycles. The van der Waals surface area contributed by atoms with Gasteiger partial charge in [-0.25, -0.2) is 0 Å². The van der Waals surface area contributed by atoms with E-state index in [0.29, 0.717) is 0 Å². The third-order valence-corrected chi connectivity index (χ3v) is 4.29. The maximum Gasteiger partial charge on any atom is 0.129 e. The van der Waals surface area contributed by atoms with Gasteiger partial charge in [0, 0.05) is 25.3 Å². The third-order valence-electron chi connectivity index (χ3n) is 4.29. The summed E-state index contributed by atoms with van der Waals surface area (Å²) >= 11 is 0. The Morgan fingerprint density at radius 3 is 2.28 bits per heavy atom. The van der Waals surface area contributed by atoms with Crippen molar-refractivity contribution in [2.45, 2.75) is 19.8 Å². The predicted octanol–water partition coefficient (Wildman–Crippen LogP) is 5.86. The lowest BCUT2D eigenvalue weighted by Crippen LogP contribution is -2.18. The van der Waals surface area contributed by atoms with E-state index in [1.165, 1.54) is 16.8 Å². The van der Waals surface area contributed by atoms with E-state index < -0.39 is 0 Å². The van der Waals surface area contributed by atoms with Crippen LogP contribution in [0.3, 0.4) is 0 Å². The zero-order chi connectivity index (χ0) is 17.5. The number of aryl methyl sites for hydroxylation is 2. The Kier molecular flexibility index (Phi) is 5.73. The first-order valence-corrected chi connectivity index (χ1v) is 8.80. The lowest BCUT2D eigenvalue weighted by atomic mass is 10.1. The van der Waals surface area contributed by atoms with E-state index in [2.05, 4.69) is 73.5 Å². The summed E-state index contributed by atoms with van der Waals surface area (Å²) in [5.74, 6) is 1.75. The highest BCUT2D eigenvalue weighted by Crippen LogP contribution is 2.26. The fourth-order valence-corrected chi connectivity index (χ4v) is 2.89. The second-order valence-electron chi connectivity index (χ2n) is 6.43. The maximum atomic E-state index is 6.00. The SMILES string of the molecule is Cc1cccc(Oc2cccc(N(C)CCCc3ccccc3)c2)c1. The molecule has 0 unspecified atom stereocenters. The Morgan fingerprint density at radius 2 is 1.52 bits per heavy atom. The van der Waals surface area contributed by atoms with Gasteiger partial charge in [0.05, 0.1) is 0 Å². The van der Waals surface area contributed by atoms with Crippen molar-refractivity contribution in [1.82, 2.24) is 0 Å². The van der Waals surface area contributed by atoms with Crippen LogP contribution in [0.2, 0.25) is 0 Å². The summed E-state index contributed by atoms with van der Waals surface area (Å²) in [6.45, 7) is 3.09. The molecular weight excluding hydrogens is 306 g/mol. The number of rotatable bonds is 7.